The van der Waals surface area contributed by atoms with E-state index < -0.39 is 0 Å². The molecule has 2 aromatic heterocycles. The predicted molar refractivity (Wildman–Crippen MR) is 113 cm³/mol. The lowest BCUT2D eigenvalue weighted by Gasteiger charge is -2.13. The molecule has 0 saturated heterocycles. The van der Waals surface area contributed by atoms with Crippen molar-refractivity contribution >= 4 is 11.8 Å². The van der Waals surface area contributed by atoms with E-state index in [-0.39, 0.29) is 0 Å². The van der Waals surface area contributed by atoms with Crippen molar-refractivity contribution < 1.29 is 4.74 Å². The molecule has 0 amide bonds. The van der Waals surface area contributed by atoms with Crippen LogP contribution in [0.5, 0.6) is 5.75 Å². The summed E-state index contributed by atoms with van der Waals surface area (Å²) in [6.45, 7) is 2.30. The monoisotopic (exact) mass is 378 g/mol. The molecule has 0 radical (unpaired) electrons. The van der Waals surface area contributed by atoms with Crippen LogP contribution in [0.3, 0.4) is 0 Å². The van der Waals surface area contributed by atoms with Gasteiger partial charge in [-0.3, -0.25) is 4.98 Å². The van der Waals surface area contributed by atoms with E-state index in [2.05, 4.69) is 36.6 Å². The Morgan fingerprint density at radius 3 is 2.68 bits per heavy atom. The van der Waals surface area contributed by atoms with E-state index in [0.717, 1.165) is 41.5 Å². The highest BCUT2D eigenvalue weighted by molar-refractivity contribution is 5.63. The summed E-state index contributed by atoms with van der Waals surface area (Å²) >= 11 is 0. The molecular formula is C21H26N6O. The van der Waals surface area contributed by atoms with Gasteiger partial charge in [0, 0.05) is 43.7 Å². The topological polar surface area (TPSA) is 75.2 Å². The van der Waals surface area contributed by atoms with Gasteiger partial charge in [0.05, 0.1) is 12.8 Å². The third-order valence-corrected chi connectivity index (χ3v) is 4.13. The lowest BCUT2D eigenvalue weighted by molar-refractivity contribution is 0.414. The SMILES string of the molecule is COc1cccc(CNc2cc(-c3cccnc3)nc(NCCN(C)C)n2)c1. The Morgan fingerprint density at radius 2 is 1.93 bits per heavy atom. The largest absolute Gasteiger partial charge is 0.497 e. The van der Waals surface area contributed by atoms with Crippen LogP contribution in [-0.2, 0) is 6.54 Å². The summed E-state index contributed by atoms with van der Waals surface area (Å²) in [6.07, 6.45) is 3.56. The molecular weight excluding hydrogens is 352 g/mol. The highest BCUT2D eigenvalue weighted by Crippen LogP contribution is 2.21. The first kappa shape index (κ1) is 19.6. The summed E-state index contributed by atoms with van der Waals surface area (Å²) in [5.41, 5.74) is 2.89. The van der Waals surface area contributed by atoms with Crippen molar-refractivity contribution in [3.8, 4) is 17.0 Å². The molecule has 7 heteroatoms. The number of anilines is 2. The number of pyridine rings is 1. The molecule has 0 aliphatic heterocycles. The van der Waals surface area contributed by atoms with E-state index in [1.807, 2.05) is 50.5 Å². The summed E-state index contributed by atoms with van der Waals surface area (Å²) in [5.74, 6) is 2.18. The number of hydrogen-bond donors (Lipinski definition) is 2. The van der Waals surface area contributed by atoms with Gasteiger partial charge in [-0.05, 0) is 43.9 Å². The van der Waals surface area contributed by atoms with Crippen LogP contribution in [-0.4, -0.2) is 54.1 Å². The van der Waals surface area contributed by atoms with E-state index in [9.17, 15) is 0 Å². The quantitative estimate of drug-likeness (QED) is 0.592. The number of aromatic nitrogens is 3. The number of rotatable bonds is 9. The Bertz CT molecular complexity index is 885. The van der Waals surface area contributed by atoms with Crippen molar-refractivity contribution in [1.82, 2.24) is 19.9 Å². The molecule has 3 aromatic rings. The first-order valence-electron chi connectivity index (χ1n) is 9.19. The average Bonchev–Trinajstić information content (AvgIpc) is 2.73. The molecule has 0 aliphatic rings. The van der Waals surface area contributed by atoms with E-state index in [0.29, 0.717) is 12.5 Å². The smallest absolute Gasteiger partial charge is 0.225 e. The second-order valence-electron chi connectivity index (χ2n) is 6.64. The highest BCUT2D eigenvalue weighted by atomic mass is 16.5. The van der Waals surface area contributed by atoms with Gasteiger partial charge < -0.3 is 20.3 Å². The summed E-state index contributed by atoms with van der Waals surface area (Å²) in [5, 5.41) is 6.68. The van der Waals surface area contributed by atoms with E-state index >= 15 is 0 Å². The normalized spacial score (nSPS) is 10.7. The Morgan fingerprint density at radius 1 is 1.04 bits per heavy atom. The Balaban J connectivity index is 1.79. The maximum atomic E-state index is 5.29. The van der Waals surface area contributed by atoms with Gasteiger partial charge in [0.2, 0.25) is 5.95 Å². The Labute approximate surface area is 165 Å². The zero-order valence-corrected chi connectivity index (χ0v) is 16.5. The molecule has 0 bridgehead atoms. The first-order chi connectivity index (χ1) is 13.6. The van der Waals surface area contributed by atoms with Crippen molar-refractivity contribution in [2.75, 3.05) is 44.9 Å². The number of likely N-dealkylation sites (N-methyl/N-ethyl adjacent to an activating group) is 1. The number of ether oxygens (including phenoxy) is 1. The van der Waals surface area contributed by atoms with Crippen LogP contribution in [0.15, 0.2) is 54.9 Å². The van der Waals surface area contributed by atoms with E-state index in [4.69, 9.17) is 4.74 Å². The fraction of sp³-hybridized carbons (Fsp3) is 0.286. The van der Waals surface area contributed by atoms with Crippen LogP contribution >= 0.6 is 0 Å². The summed E-state index contributed by atoms with van der Waals surface area (Å²) in [7, 11) is 5.74. The fourth-order valence-electron chi connectivity index (χ4n) is 2.65. The van der Waals surface area contributed by atoms with Gasteiger partial charge in [-0.2, -0.15) is 4.98 Å². The van der Waals surface area contributed by atoms with E-state index in [1.54, 1.807) is 19.5 Å². The number of nitrogens with one attached hydrogen (secondary N) is 2. The van der Waals surface area contributed by atoms with Gasteiger partial charge in [0.1, 0.15) is 11.6 Å². The number of benzene rings is 1. The number of nitrogens with zero attached hydrogens (tertiary/aromatic N) is 4. The summed E-state index contributed by atoms with van der Waals surface area (Å²) in [6, 6.07) is 13.8. The predicted octanol–water partition coefficient (Wildman–Crippen LogP) is 3.13. The van der Waals surface area contributed by atoms with Crippen LogP contribution in [0.2, 0.25) is 0 Å². The maximum Gasteiger partial charge on any atom is 0.225 e. The van der Waals surface area contributed by atoms with Crippen molar-refractivity contribution in [2.45, 2.75) is 6.54 Å². The molecule has 0 saturated carbocycles. The maximum absolute atomic E-state index is 5.29. The fourth-order valence-corrected chi connectivity index (χ4v) is 2.65. The van der Waals surface area contributed by atoms with Crippen LogP contribution < -0.4 is 15.4 Å². The molecule has 0 aliphatic carbocycles. The third-order valence-electron chi connectivity index (χ3n) is 4.13. The zero-order chi connectivity index (χ0) is 19.8. The Hall–Kier alpha value is -3.19. The molecule has 0 atom stereocenters. The van der Waals surface area contributed by atoms with Gasteiger partial charge in [0.15, 0.2) is 0 Å². The second-order valence-corrected chi connectivity index (χ2v) is 6.64. The second kappa shape index (κ2) is 9.66. The minimum absolute atomic E-state index is 0.594. The number of methoxy groups -OCH3 is 1. The summed E-state index contributed by atoms with van der Waals surface area (Å²) in [4.78, 5) is 15.6. The van der Waals surface area contributed by atoms with Crippen molar-refractivity contribution in [2.24, 2.45) is 0 Å². The highest BCUT2D eigenvalue weighted by Gasteiger charge is 2.07. The van der Waals surface area contributed by atoms with Gasteiger partial charge in [0.25, 0.3) is 0 Å². The zero-order valence-electron chi connectivity index (χ0n) is 16.5. The molecule has 146 valence electrons. The molecule has 0 fully saturated rings. The van der Waals surface area contributed by atoms with Crippen molar-refractivity contribution in [1.29, 1.82) is 0 Å². The lowest BCUT2D eigenvalue weighted by atomic mass is 10.2. The van der Waals surface area contributed by atoms with Gasteiger partial charge in [-0.25, -0.2) is 4.98 Å². The molecule has 2 heterocycles. The molecule has 3 rings (SSSR count). The van der Waals surface area contributed by atoms with Crippen molar-refractivity contribution in [3.63, 3.8) is 0 Å². The molecule has 1 aromatic carbocycles. The summed E-state index contributed by atoms with van der Waals surface area (Å²) < 4.78 is 5.29. The minimum atomic E-state index is 0.594. The van der Waals surface area contributed by atoms with Crippen molar-refractivity contribution in [3.05, 3.63) is 60.4 Å². The first-order valence-corrected chi connectivity index (χ1v) is 9.19. The lowest BCUT2D eigenvalue weighted by Crippen LogP contribution is -2.21. The van der Waals surface area contributed by atoms with Crippen LogP contribution in [0.25, 0.3) is 11.3 Å². The third kappa shape index (κ3) is 5.65. The van der Waals surface area contributed by atoms with Gasteiger partial charge in [-0.1, -0.05) is 12.1 Å². The molecule has 2 N–H and O–H groups in total. The van der Waals surface area contributed by atoms with Crippen LogP contribution in [0, 0.1) is 0 Å². The molecule has 7 nitrogen and oxygen atoms in total. The molecule has 28 heavy (non-hydrogen) atoms. The van der Waals surface area contributed by atoms with Gasteiger partial charge in [-0.15, -0.1) is 0 Å². The van der Waals surface area contributed by atoms with Crippen LogP contribution in [0.1, 0.15) is 5.56 Å². The van der Waals surface area contributed by atoms with E-state index in [1.165, 1.54) is 0 Å². The average molecular weight is 378 g/mol. The minimum Gasteiger partial charge on any atom is -0.497 e. The van der Waals surface area contributed by atoms with Gasteiger partial charge >= 0.3 is 0 Å². The molecule has 0 spiro atoms. The van der Waals surface area contributed by atoms with Crippen LogP contribution in [0.4, 0.5) is 11.8 Å². The standard InChI is InChI=1S/C21H26N6O/c1-27(2)11-10-23-21-25-19(17-7-5-9-22-15-17)13-20(26-21)24-14-16-6-4-8-18(12-16)28-3/h4-9,12-13,15H,10-11,14H2,1-3H3,(H2,23,24,25,26). The Kier molecular flexibility index (Phi) is 6.75. The molecule has 0 unspecified atom stereocenters. The number of hydrogen-bond acceptors (Lipinski definition) is 7.